The topological polar surface area (TPSA) is 3.24 Å². The molecule has 2 unspecified atom stereocenters. The summed E-state index contributed by atoms with van der Waals surface area (Å²) in [6, 6.07) is 45.8. The third kappa shape index (κ3) is 9.18. The van der Waals surface area contributed by atoms with Crippen LogP contribution in [0, 0.1) is 0 Å². The zero-order chi connectivity index (χ0) is 22.6. The molecule has 0 aromatic heterocycles. The SMILES string of the molecule is CC(c1cc[cH-]c1)N(c1ccc(Cl)cc1)C(C)c1ccc[cH-]1.[Fe+2].[Fe+2].c1cc[cH-]c1.c1cc[cH-]c1. The monoisotopic (exact) mass is 551 g/mol. The molecule has 178 valence electrons. The van der Waals surface area contributed by atoms with Gasteiger partial charge in [-0.1, -0.05) is 18.5 Å². The van der Waals surface area contributed by atoms with Crippen LogP contribution >= 0.6 is 11.6 Å². The fourth-order valence-electron chi connectivity index (χ4n) is 3.69. The summed E-state index contributed by atoms with van der Waals surface area (Å²) < 4.78 is 0. The molecular formula is C30H30ClFe2N. The summed E-state index contributed by atoms with van der Waals surface area (Å²) in [5.74, 6) is 0. The van der Waals surface area contributed by atoms with Crippen LogP contribution in [0.2, 0.25) is 5.02 Å². The fourth-order valence-corrected chi connectivity index (χ4v) is 3.82. The molecule has 0 heterocycles. The molecular weight excluding hydrogens is 521 g/mol. The molecule has 0 aliphatic heterocycles. The Balaban J connectivity index is 0.000000399. The van der Waals surface area contributed by atoms with Crippen LogP contribution < -0.4 is 4.90 Å². The molecule has 0 aliphatic carbocycles. The molecule has 4 heteroatoms. The van der Waals surface area contributed by atoms with Crippen LogP contribution in [0.25, 0.3) is 0 Å². The Bertz CT molecular complexity index is 947. The van der Waals surface area contributed by atoms with Gasteiger partial charge in [-0.25, -0.2) is 42.5 Å². The first-order valence-electron chi connectivity index (χ1n) is 11.0. The third-order valence-corrected chi connectivity index (χ3v) is 5.66. The first kappa shape index (κ1) is 29.8. The standard InChI is InChI=1S/C20H20ClN.2C5H5.2Fe/c1-15(17-7-3-4-8-17)22(16(2)18-9-5-6-10-18)20-13-11-19(21)12-14-20;2*1-2-4-5-3-1;;/h3-16H,1-2H3;2*1-5H;;/q-2;2*-1;2*+2. The zero-order valence-electron chi connectivity index (χ0n) is 19.4. The maximum atomic E-state index is 6.06. The van der Waals surface area contributed by atoms with Crippen LogP contribution in [0.5, 0.6) is 0 Å². The van der Waals surface area contributed by atoms with Gasteiger partial charge < -0.3 is 4.90 Å². The summed E-state index contributed by atoms with van der Waals surface area (Å²) in [4.78, 5) is 2.45. The fraction of sp³-hybridized carbons (Fsp3) is 0.133. The molecule has 0 saturated carbocycles. The number of halogens is 1. The minimum absolute atomic E-state index is 0. The Morgan fingerprint density at radius 1 is 0.647 bits per heavy atom. The molecule has 34 heavy (non-hydrogen) atoms. The van der Waals surface area contributed by atoms with Gasteiger partial charge in [0.15, 0.2) is 0 Å². The first-order valence-corrected chi connectivity index (χ1v) is 11.3. The summed E-state index contributed by atoms with van der Waals surface area (Å²) in [6.07, 6.45) is 0. The van der Waals surface area contributed by atoms with Crippen molar-refractivity contribution in [1.82, 2.24) is 0 Å². The van der Waals surface area contributed by atoms with E-state index in [9.17, 15) is 0 Å². The second-order valence-electron chi connectivity index (χ2n) is 7.60. The molecule has 0 radical (unpaired) electrons. The van der Waals surface area contributed by atoms with E-state index < -0.39 is 0 Å². The van der Waals surface area contributed by atoms with E-state index in [-0.39, 0.29) is 34.1 Å². The van der Waals surface area contributed by atoms with E-state index in [0.717, 1.165) is 5.02 Å². The van der Waals surface area contributed by atoms with Gasteiger partial charge in [-0.2, -0.15) is 72.3 Å². The van der Waals surface area contributed by atoms with Gasteiger partial charge in [0.05, 0.1) is 0 Å². The molecule has 0 spiro atoms. The third-order valence-electron chi connectivity index (χ3n) is 5.41. The van der Waals surface area contributed by atoms with Crippen molar-refractivity contribution in [3.63, 3.8) is 0 Å². The van der Waals surface area contributed by atoms with Crippen molar-refractivity contribution in [2.24, 2.45) is 0 Å². The van der Waals surface area contributed by atoms with Gasteiger partial charge >= 0.3 is 34.1 Å². The molecule has 5 aromatic rings. The van der Waals surface area contributed by atoms with E-state index in [4.69, 9.17) is 11.6 Å². The zero-order valence-corrected chi connectivity index (χ0v) is 22.4. The van der Waals surface area contributed by atoms with Gasteiger partial charge in [0.1, 0.15) is 0 Å². The smallest absolute Gasteiger partial charge is 0.372 e. The van der Waals surface area contributed by atoms with Gasteiger partial charge in [0, 0.05) is 16.8 Å². The van der Waals surface area contributed by atoms with E-state index in [1.54, 1.807) is 0 Å². The number of nitrogens with zero attached hydrogens (tertiary/aromatic N) is 1. The summed E-state index contributed by atoms with van der Waals surface area (Å²) >= 11 is 6.06. The maximum Gasteiger partial charge on any atom is 2.00 e. The van der Waals surface area contributed by atoms with Gasteiger partial charge in [-0.3, -0.25) is 0 Å². The largest absolute Gasteiger partial charge is 2.00 e. The molecule has 0 bridgehead atoms. The van der Waals surface area contributed by atoms with E-state index >= 15 is 0 Å². The van der Waals surface area contributed by atoms with E-state index in [1.807, 2.05) is 72.8 Å². The van der Waals surface area contributed by atoms with Crippen molar-refractivity contribution in [3.05, 3.63) is 150 Å². The molecule has 0 aliphatic rings. The van der Waals surface area contributed by atoms with E-state index in [1.165, 1.54) is 16.8 Å². The van der Waals surface area contributed by atoms with Gasteiger partial charge in [-0.15, -0.1) is 5.56 Å². The van der Waals surface area contributed by atoms with E-state index in [2.05, 4.69) is 79.4 Å². The summed E-state index contributed by atoms with van der Waals surface area (Å²) in [7, 11) is 0. The van der Waals surface area contributed by atoms with Crippen LogP contribution in [0.1, 0.15) is 37.1 Å². The molecule has 0 saturated heterocycles. The van der Waals surface area contributed by atoms with Crippen molar-refractivity contribution in [1.29, 1.82) is 0 Å². The normalized spacial score (nSPS) is 11.3. The Labute approximate surface area is 230 Å². The molecule has 2 atom stereocenters. The second kappa shape index (κ2) is 16.4. The Kier molecular flexibility index (Phi) is 14.4. The Morgan fingerprint density at radius 2 is 1.24 bits per heavy atom. The van der Waals surface area contributed by atoms with Crippen LogP contribution in [0.3, 0.4) is 0 Å². The summed E-state index contributed by atoms with van der Waals surface area (Å²) in [6.45, 7) is 4.51. The van der Waals surface area contributed by atoms with Crippen molar-refractivity contribution in [2.75, 3.05) is 4.90 Å². The molecule has 0 fully saturated rings. The van der Waals surface area contributed by atoms with Crippen LogP contribution in [-0.4, -0.2) is 0 Å². The Morgan fingerprint density at radius 3 is 1.65 bits per heavy atom. The molecule has 5 aromatic carbocycles. The van der Waals surface area contributed by atoms with E-state index in [0.29, 0.717) is 12.1 Å². The van der Waals surface area contributed by atoms with Crippen molar-refractivity contribution < 1.29 is 34.1 Å². The minimum Gasteiger partial charge on any atom is -0.372 e. The summed E-state index contributed by atoms with van der Waals surface area (Å²) in [5.41, 5.74) is 3.84. The van der Waals surface area contributed by atoms with Gasteiger partial charge in [0.2, 0.25) is 0 Å². The number of rotatable bonds is 5. The predicted molar refractivity (Wildman–Crippen MR) is 139 cm³/mol. The van der Waals surface area contributed by atoms with Gasteiger partial charge in [0.25, 0.3) is 0 Å². The van der Waals surface area contributed by atoms with Gasteiger partial charge in [-0.05, 0) is 37.2 Å². The number of benzene rings is 1. The van der Waals surface area contributed by atoms with Crippen LogP contribution in [0.4, 0.5) is 5.69 Å². The average molecular weight is 552 g/mol. The number of hydrogen-bond donors (Lipinski definition) is 0. The summed E-state index contributed by atoms with van der Waals surface area (Å²) in [5, 5.41) is 0.769. The Hall–Kier alpha value is -2.25. The maximum absolute atomic E-state index is 6.06. The van der Waals surface area contributed by atoms with Crippen molar-refractivity contribution in [3.8, 4) is 0 Å². The molecule has 0 amide bonds. The molecule has 0 N–H and O–H groups in total. The van der Waals surface area contributed by atoms with Crippen molar-refractivity contribution in [2.45, 2.75) is 25.9 Å². The van der Waals surface area contributed by atoms with Crippen LogP contribution in [0.15, 0.2) is 133 Å². The predicted octanol–water partition coefficient (Wildman–Crippen LogP) is 8.91. The second-order valence-corrected chi connectivity index (χ2v) is 8.03. The molecule has 1 nitrogen and oxygen atoms in total. The molecule has 5 rings (SSSR count). The minimum atomic E-state index is 0. The van der Waals surface area contributed by atoms with Crippen LogP contribution in [-0.2, 0) is 34.1 Å². The number of hydrogen-bond acceptors (Lipinski definition) is 1. The average Bonchev–Trinajstić information content (AvgIpc) is 3.65. The quantitative estimate of drug-likeness (QED) is 0.156. The number of anilines is 1. The van der Waals surface area contributed by atoms with Crippen molar-refractivity contribution >= 4 is 17.3 Å². The first-order chi connectivity index (χ1) is 15.7.